The van der Waals surface area contributed by atoms with Gasteiger partial charge in [0.2, 0.25) is 5.91 Å². The second kappa shape index (κ2) is 6.36. The van der Waals surface area contributed by atoms with Crippen molar-refractivity contribution in [3.05, 3.63) is 0 Å². The van der Waals surface area contributed by atoms with E-state index in [0.29, 0.717) is 0 Å². The predicted molar refractivity (Wildman–Crippen MR) is 71.0 cm³/mol. The van der Waals surface area contributed by atoms with E-state index in [1.54, 1.807) is 0 Å². The van der Waals surface area contributed by atoms with E-state index >= 15 is 0 Å². The van der Waals surface area contributed by atoms with Gasteiger partial charge in [0.15, 0.2) is 0 Å². The summed E-state index contributed by atoms with van der Waals surface area (Å²) < 4.78 is 0. The molecule has 4 nitrogen and oxygen atoms in total. The van der Waals surface area contributed by atoms with E-state index in [1.807, 2.05) is 6.92 Å². The van der Waals surface area contributed by atoms with Crippen molar-refractivity contribution >= 4 is 5.91 Å². The Balaban J connectivity index is 2.36. The average molecular weight is 241 g/mol. The number of hydrogen-bond donors (Lipinski definition) is 3. The highest BCUT2D eigenvalue weighted by Gasteiger charge is 2.31. The van der Waals surface area contributed by atoms with Crippen molar-refractivity contribution < 1.29 is 4.79 Å². The van der Waals surface area contributed by atoms with Gasteiger partial charge in [-0.2, -0.15) is 0 Å². The van der Waals surface area contributed by atoms with Crippen LogP contribution < -0.4 is 16.0 Å². The zero-order valence-corrected chi connectivity index (χ0v) is 11.6. The molecule has 1 fully saturated rings. The molecule has 1 aliphatic rings. The average Bonchev–Trinajstić information content (AvgIpc) is 2.65. The van der Waals surface area contributed by atoms with Gasteiger partial charge in [-0.3, -0.25) is 10.1 Å². The topological polar surface area (TPSA) is 53.2 Å². The van der Waals surface area contributed by atoms with Crippen LogP contribution in [0.15, 0.2) is 0 Å². The number of nitrogens with one attached hydrogen (secondary N) is 3. The van der Waals surface area contributed by atoms with E-state index in [-0.39, 0.29) is 23.5 Å². The van der Waals surface area contributed by atoms with Gasteiger partial charge in [-0.25, -0.2) is 0 Å². The fourth-order valence-corrected chi connectivity index (χ4v) is 2.40. The SMILES string of the molecule is CCCC(C)NC(=O)C(C)NC1(C)CCNC1. The molecule has 4 heteroatoms. The minimum absolute atomic E-state index is 0.0603. The maximum Gasteiger partial charge on any atom is 0.237 e. The van der Waals surface area contributed by atoms with Crippen LogP contribution in [0.25, 0.3) is 0 Å². The van der Waals surface area contributed by atoms with Gasteiger partial charge in [-0.05, 0) is 40.2 Å². The lowest BCUT2D eigenvalue weighted by Crippen LogP contribution is -2.55. The molecule has 1 aliphatic heterocycles. The Hall–Kier alpha value is -0.610. The predicted octanol–water partition coefficient (Wildman–Crippen LogP) is 1.02. The summed E-state index contributed by atoms with van der Waals surface area (Å²) in [6.07, 6.45) is 3.22. The lowest BCUT2D eigenvalue weighted by molar-refractivity contribution is -0.123. The first-order valence-electron chi connectivity index (χ1n) is 6.75. The second-order valence-electron chi connectivity index (χ2n) is 5.55. The van der Waals surface area contributed by atoms with E-state index in [1.165, 1.54) is 0 Å². The molecule has 0 radical (unpaired) electrons. The molecule has 3 unspecified atom stereocenters. The third-order valence-corrected chi connectivity index (χ3v) is 3.44. The van der Waals surface area contributed by atoms with Crippen molar-refractivity contribution in [3.63, 3.8) is 0 Å². The molecule has 0 aromatic carbocycles. The zero-order chi connectivity index (χ0) is 12.9. The van der Waals surface area contributed by atoms with Crippen LogP contribution in [0, 0.1) is 0 Å². The minimum Gasteiger partial charge on any atom is -0.352 e. The fraction of sp³-hybridized carbons (Fsp3) is 0.923. The number of hydrogen-bond acceptors (Lipinski definition) is 3. The molecule has 100 valence electrons. The van der Waals surface area contributed by atoms with Crippen LogP contribution in [-0.2, 0) is 4.79 Å². The molecule has 0 bridgehead atoms. The lowest BCUT2D eigenvalue weighted by Gasteiger charge is -2.29. The van der Waals surface area contributed by atoms with E-state index in [2.05, 4.69) is 36.7 Å². The summed E-state index contributed by atoms with van der Waals surface area (Å²) in [4.78, 5) is 12.0. The molecule has 3 atom stereocenters. The van der Waals surface area contributed by atoms with Gasteiger partial charge < -0.3 is 10.6 Å². The maximum absolute atomic E-state index is 12.0. The highest BCUT2D eigenvalue weighted by molar-refractivity contribution is 5.81. The summed E-state index contributed by atoms with van der Waals surface area (Å²) in [5.74, 6) is 0.110. The van der Waals surface area contributed by atoms with Crippen molar-refractivity contribution in [1.29, 1.82) is 0 Å². The summed E-state index contributed by atoms with van der Waals surface area (Å²) in [5.41, 5.74) is 0.0603. The molecule has 0 aliphatic carbocycles. The van der Waals surface area contributed by atoms with Gasteiger partial charge >= 0.3 is 0 Å². The molecule has 17 heavy (non-hydrogen) atoms. The zero-order valence-electron chi connectivity index (χ0n) is 11.6. The highest BCUT2D eigenvalue weighted by atomic mass is 16.2. The van der Waals surface area contributed by atoms with E-state index in [9.17, 15) is 4.79 Å². The van der Waals surface area contributed by atoms with Gasteiger partial charge in [0.05, 0.1) is 6.04 Å². The van der Waals surface area contributed by atoms with Gasteiger partial charge in [0, 0.05) is 18.1 Å². The third kappa shape index (κ3) is 4.64. The van der Waals surface area contributed by atoms with Crippen molar-refractivity contribution in [2.45, 2.75) is 64.6 Å². The number of rotatable bonds is 6. The Morgan fingerprint density at radius 2 is 2.18 bits per heavy atom. The van der Waals surface area contributed by atoms with Crippen LogP contribution in [0.4, 0.5) is 0 Å². The Morgan fingerprint density at radius 1 is 1.47 bits per heavy atom. The smallest absolute Gasteiger partial charge is 0.237 e. The molecular formula is C13H27N3O. The molecular weight excluding hydrogens is 214 g/mol. The standard InChI is InChI=1S/C13H27N3O/c1-5-6-10(2)15-12(17)11(3)16-13(4)7-8-14-9-13/h10-11,14,16H,5-9H2,1-4H3,(H,15,17). The van der Waals surface area contributed by atoms with Gasteiger partial charge in [0.1, 0.15) is 0 Å². The van der Waals surface area contributed by atoms with Crippen molar-refractivity contribution in [2.24, 2.45) is 0 Å². The van der Waals surface area contributed by atoms with Gasteiger partial charge in [-0.15, -0.1) is 0 Å². The molecule has 0 aromatic rings. The maximum atomic E-state index is 12.0. The molecule has 3 N–H and O–H groups in total. The molecule has 1 amide bonds. The first kappa shape index (κ1) is 14.5. The van der Waals surface area contributed by atoms with E-state index in [0.717, 1.165) is 32.4 Å². The molecule has 1 heterocycles. The van der Waals surface area contributed by atoms with Crippen LogP contribution in [0.3, 0.4) is 0 Å². The summed E-state index contributed by atoms with van der Waals surface area (Å²) in [7, 11) is 0. The first-order chi connectivity index (χ1) is 7.97. The van der Waals surface area contributed by atoms with Gasteiger partial charge in [0.25, 0.3) is 0 Å². The van der Waals surface area contributed by atoms with Crippen LogP contribution >= 0.6 is 0 Å². The first-order valence-corrected chi connectivity index (χ1v) is 6.75. The number of amides is 1. The summed E-state index contributed by atoms with van der Waals surface area (Å²) in [6, 6.07) is 0.144. The monoisotopic (exact) mass is 241 g/mol. The summed E-state index contributed by atoms with van der Waals surface area (Å²) in [6.45, 7) is 10.3. The Morgan fingerprint density at radius 3 is 2.71 bits per heavy atom. The quantitative estimate of drug-likeness (QED) is 0.651. The third-order valence-electron chi connectivity index (χ3n) is 3.44. The summed E-state index contributed by atoms with van der Waals surface area (Å²) >= 11 is 0. The number of carbonyl (C=O) groups is 1. The van der Waals surface area contributed by atoms with Crippen LogP contribution in [0.5, 0.6) is 0 Å². The van der Waals surface area contributed by atoms with Crippen LogP contribution in [0.2, 0.25) is 0 Å². The lowest BCUT2D eigenvalue weighted by atomic mass is 10.00. The Labute approximate surface area is 105 Å². The second-order valence-corrected chi connectivity index (χ2v) is 5.55. The van der Waals surface area contributed by atoms with E-state index in [4.69, 9.17) is 0 Å². The van der Waals surface area contributed by atoms with Crippen LogP contribution in [-0.4, -0.2) is 36.6 Å². The molecule has 1 rings (SSSR count). The minimum atomic E-state index is -0.126. The normalized spacial score (nSPS) is 27.8. The summed E-state index contributed by atoms with van der Waals surface area (Å²) in [5, 5.41) is 9.80. The Bertz CT molecular complexity index is 249. The van der Waals surface area contributed by atoms with Gasteiger partial charge in [-0.1, -0.05) is 13.3 Å². The highest BCUT2D eigenvalue weighted by Crippen LogP contribution is 2.14. The van der Waals surface area contributed by atoms with E-state index < -0.39 is 0 Å². The van der Waals surface area contributed by atoms with Crippen LogP contribution in [0.1, 0.15) is 47.0 Å². The molecule has 1 saturated heterocycles. The largest absolute Gasteiger partial charge is 0.352 e. The molecule has 0 spiro atoms. The molecule has 0 aromatic heterocycles. The molecule has 0 saturated carbocycles. The fourth-order valence-electron chi connectivity index (χ4n) is 2.40. The van der Waals surface area contributed by atoms with Crippen molar-refractivity contribution in [1.82, 2.24) is 16.0 Å². The van der Waals surface area contributed by atoms with Crippen molar-refractivity contribution in [2.75, 3.05) is 13.1 Å². The van der Waals surface area contributed by atoms with Crippen molar-refractivity contribution in [3.8, 4) is 0 Å². The Kier molecular flexibility index (Phi) is 5.40. The number of carbonyl (C=O) groups excluding carboxylic acids is 1.